The molecule has 0 aliphatic carbocycles. The molecule has 110 valence electrons. The summed E-state index contributed by atoms with van der Waals surface area (Å²) in [4.78, 5) is 14.4. The highest BCUT2D eigenvalue weighted by Gasteiger charge is 2.28. The minimum absolute atomic E-state index is 0.0130. The zero-order chi connectivity index (χ0) is 14.4. The van der Waals surface area contributed by atoms with Crippen molar-refractivity contribution in [3.05, 3.63) is 35.9 Å². The van der Waals surface area contributed by atoms with Gasteiger partial charge in [0.1, 0.15) is 0 Å². The highest BCUT2D eigenvalue weighted by molar-refractivity contribution is 5.79. The van der Waals surface area contributed by atoms with Gasteiger partial charge in [-0.1, -0.05) is 30.3 Å². The van der Waals surface area contributed by atoms with E-state index in [9.17, 15) is 9.90 Å². The Bertz CT molecular complexity index is 422. The predicted octanol–water partition coefficient (Wildman–Crippen LogP) is 1.40. The van der Waals surface area contributed by atoms with Crippen LogP contribution in [0.3, 0.4) is 0 Å². The number of amides is 1. The van der Waals surface area contributed by atoms with Gasteiger partial charge < -0.3 is 15.3 Å². The molecule has 0 bridgehead atoms. The second kappa shape index (κ2) is 7.41. The fraction of sp³-hybridized carbons (Fsp3) is 0.562. The normalized spacial score (nSPS) is 22.5. The van der Waals surface area contributed by atoms with Gasteiger partial charge in [0.15, 0.2) is 0 Å². The summed E-state index contributed by atoms with van der Waals surface area (Å²) in [6.45, 7) is 4.02. The van der Waals surface area contributed by atoms with E-state index in [1.54, 1.807) is 4.90 Å². The molecule has 1 saturated heterocycles. The number of nitrogens with one attached hydrogen (secondary N) is 1. The quantitative estimate of drug-likeness (QED) is 0.854. The third kappa shape index (κ3) is 4.05. The Kier molecular flexibility index (Phi) is 5.56. The monoisotopic (exact) mass is 276 g/mol. The maximum Gasteiger partial charge on any atom is 0.226 e. The smallest absolute Gasteiger partial charge is 0.226 e. The Hall–Kier alpha value is -1.39. The molecule has 4 nitrogen and oxygen atoms in total. The number of nitrogens with zero attached hydrogens (tertiary/aromatic N) is 1. The molecule has 1 amide bonds. The van der Waals surface area contributed by atoms with Crippen LogP contribution in [0.4, 0.5) is 0 Å². The average Bonchev–Trinajstić information content (AvgIpc) is 2.47. The number of carbonyl (C=O) groups is 1. The number of aliphatic hydroxyl groups excluding tert-OH is 1. The van der Waals surface area contributed by atoms with Gasteiger partial charge in [0.25, 0.3) is 0 Å². The summed E-state index contributed by atoms with van der Waals surface area (Å²) in [5.41, 5.74) is 1.11. The molecule has 1 fully saturated rings. The molecule has 0 saturated carbocycles. The Morgan fingerprint density at radius 1 is 1.40 bits per heavy atom. The van der Waals surface area contributed by atoms with Crippen LogP contribution in [0.5, 0.6) is 0 Å². The fourth-order valence-corrected chi connectivity index (χ4v) is 2.81. The average molecular weight is 276 g/mol. The standard InChI is InChI=1S/C16H24N2O2/c1-13-11-15(7-8-17-13)16(20)18(9-10-19)12-14-5-3-2-4-6-14/h2-6,13,15,17,19H,7-12H2,1H3/t13-,15-/m0/s1. The van der Waals surface area contributed by atoms with Crippen LogP contribution >= 0.6 is 0 Å². The van der Waals surface area contributed by atoms with Crippen molar-refractivity contribution in [2.24, 2.45) is 5.92 Å². The van der Waals surface area contributed by atoms with Gasteiger partial charge >= 0.3 is 0 Å². The van der Waals surface area contributed by atoms with Gasteiger partial charge in [-0.15, -0.1) is 0 Å². The molecule has 1 aromatic rings. The van der Waals surface area contributed by atoms with Crippen LogP contribution in [0.2, 0.25) is 0 Å². The van der Waals surface area contributed by atoms with Crippen LogP contribution in [-0.2, 0) is 11.3 Å². The van der Waals surface area contributed by atoms with Gasteiger partial charge in [-0.2, -0.15) is 0 Å². The van der Waals surface area contributed by atoms with Crippen molar-refractivity contribution in [3.8, 4) is 0 Å². The van der Waals surface area contributed by atoms with Gasteiger partial charge in [-0.05, 0) is 31.9 Å². The van der Waals surface area contributed by atoms with E-state index in [4.69, 9.17) is 0 Å². The van der Waals surface area contributed by atoms with Crippen molar-refractivity contribution in [2.75, 3.05) is 19.7 Å². The highest BCUT2D eigenvalue weighted by Crippen LogP contribution is 2.20. The van der Waals surface area contributed by atoms with E-state index in [0.717, 1.165) is 24.9 Å². The highest BCUT2D eigenvalue weighted by atomic mass is 16.3. The molecular formula is C16H24N2O2. The first kappa shape index (κ1) is 15.0. The summed E-state index contributed by atoms with van der Waals surface area (Å²) in [6.07, 6.45) is 1.77. The largest absolute Gasteiger partial charge is 0.395 e. The first-order valence-electron chi connectivity index (χ1n) is 7.37. The zero-order valence-electron chi connectivity index (χ0n) is 12.1. The Morgan fingerprint density at radius 3 is 2.80 bits per heavy atom. The van der Waals surface area contributed by atoms with Gasteiger partial charge in [-0.25, -0.2) is 0 Å². The third-order valence-corrected chi connectivity index (χ3v) is 3.87. The van der Waals surface area contributed by atoms with E-state index in [2.05, 4.69) is 12.2 Å². The molecule has 1 aliphatic heterocycles. The summed E-state index contributed by atoms with van der Waals surface area (Å²) in [6, 6.07) is 10.3. The molecule has 0 radical (unpaired) electrons. The number of carbonyl (C=O) groups excluding carboxylic acids is 1. The molecule has 1 aliphatic rings. The number of aliphatic hydroxyl groups is 1. The zero-order valence-corrected chi connectivity index (χ0v) is 12.1. The van der Waals surface area contributed by atoms with Gasteiger partial charge in [0, 0.05) is 25.0 Å². The van der Waals surface area contributed by atoms with Crippen molar-refractivity contribution in [2.45, 2.75) is 32.4 Å². The van der Waals surface area contributed by atoms with Crippen LogP contribution < -0.4 is 5.32 Å². The topological polar surface area (TPSA) is 52.6 Å². The summed E-state index contributed by atoms with van der Waals surface area (Å²) in [5.74, 6) is 0.262. The van der Waals surface area contributed by atoms with Crippen molar-refractivity contribution in [1.82, 2.24) is 10.2 Å². The lowest BCUT2D eigenvalue weighted by atomic mass is 9.92. The van der Waals surface area contributed by atoms with Gasteiger partial charge in [0.2, 0.25) is 5.91 Å². The lowest BCUT2D eigenvalue weighted by Gasteiger charge is -2.32. The van der Waals surface area contributed by atoms with Crippen molar-refractivity contribution < 1.29 is 9.90 Å². The molecule has 2 N–H and O–H groups in total. The predicted molar refractivity (Wildman–Crippen MR) is 79.1 cm³/mol. The molecule has 4 heteroatoms. The summed E-state index contributed by atoms with van der Waals surface area (Å²) < 4.78 is 0. The van der Waals surface area contributed by atoms with Crippen LogP contribution in [-0.4, -0.2) is 41.7 Å². The van der Waals surface area contributed by atoms with Crippen LogP contribution in [0, 0.1) is 5.92 Å². The Labute approximate surface area is 120 Å². The minimum atomic E-state index is 0.0130. The van der Waals surface area contributed by atoms with Crippen molar-refractivity contribution in [3.63, 3.8) is 0 Å². The Balaban J connectivity index is 2.01. The van der Waals surface area contributed by atoms with E-state index < -0.39 is 0 Å². The van der Waals surface area contributed by atoms with E-state index in [1.165, 1.54) is 0 Å². The SMILES string of the molecule is C[C@H]1C[C@@H](C(=O)N(CCO)Cc2ccccc2)CCN1. The van der Waals surface area contributed by atoms with E-state index >= 15 is 0 Å². The van der Waals surface area contributed by atoms with E-state index in [0.29, 0.717) is 19.1 Å². The van der Waals surface area contributed by atoms with E-state index in [-0.39, 0.29) is 18.4 Å². The van der Waals surface area contributed by atoms with Crippen LogP contribution in [0.1, 0.15) is 25.3 Å². The van der Waals surface area contributed by atoms with Gasteiger partial charge in [0.05, 0.1) is 6.61 Å². The molecule has 0 spiro atoms. The van der Waals surface area contributed by atoms with Crippen molar-refractivity contribution in [1.29, 1.82) is 0 Å². The second-order valence-electron chi connectivity index (χ2n) is 5.55. The second-order valence-corrected chi connectivity index (χ2v) is 5.55. The number of rotatable bonds is 5. The molecular weight excluding hydrogens is 252 g/mol. The summed E-state index contributed by atoms with van der Waals surface area (Å²) in [5, 5.41) is 12.6. The first-order valence-corrected chi connectivity index (χ1v) is 7.37. The minimum Gasteiger partial charge on any atom is -0.395 e. The summed E-state index contributed by atoms with van der Waals surface area (Å²) in [7, 11) is 0. The maximum atomic E-state index is 12.6. The maximum absolute atomic E-state index is 12.6. The number of piperidine rings is 1. The Morgan fingerprint density at radius 2 is 2.15 bits per heavy atom. The number of benzene rings is 1. The molecule has 0 aromatic heterocycles. The van der Waals surface area contributed by atoms with Crippen molar-refractivity contribution >= 4 is 5.91 Å². The molecule has 2 atom stereocenters. The molecule has 1 heterocycles. The number of hydrogen-bond acceptors (Lipinski definition) is 3. The van der Waals surface area contributed by atoms with Crippen LogP contribution in [0.25, 0.3) is 0 Å². The first-order chi connectivity index (χ1) is 9.70. The molecule has 2 rings (SSSR count). The van der Waals surface area contributed by atoms with Crippen LogP contribution in [0.15, 0.2) is 30.3 Å². The lowest BCUT2D eigenvalue weighted by Crippen LogP contribution is -2.44. The van der Waals surface area contributed by atoms with Gasteiger partial charge in [-0.3, -0.25) is 4.79 Å². The number of hydrogen-bond donors (Lipinski definition) is 2. The van der Waals surface area contributed by atoms with E-state index in [1.807, 2.05) is 30.3 Å². The summed E-state index contributed by atoms with van der Waals surface area (Å²) >= 11 is 0. The molecule has 20 heavy (non-hydrogen) atoms. The third-order valence-electron chi connectivity index (χ3n) is 3.87. The fourth-order valence-electron chi connectivity index (χ4n) is 2.81. The molecule has 0 unspecified atom stereocenters. The molecule has 1 aromatic carbocycles. The lowest BCUT2D eigenvalue weighted by molar-refractivity contribution is -0.137.